The summed E-state index contributed by atoms with van der Waals surface area (Å²) in [5.41, 5.74) is 1.17. The highest BCUT2D eigenvalue weighted by molar-refractivity contribution is 5.93. The third-order valence-electron chi connectivity index (χ3n) is 2.94. The Labute approximate surface area is 127 Å². The largest absolute Gasteiger partial charge is 0.494 e. The van der Waals surface area contributed by atoms with Crippen LogP contribution in [0.15, 0.2) is 40.8 Å². The van der Waals surface area contributed by atoms with E-state index >= 15 is 0 Å². The van der Waals surface area contributed by atoms with Gasteiger partial charge in [-0.2, -0.15) is 0 Å². The second kappa shape index (κ2) is 7.31. The van der Waals surface area contributed by atoms with Crippen LogP contribution in [0, 0.1) is 6.92 Å². The molecule has 0 spiro atoms. The van der Waals surface area contributed by atoms with Gasteiger partial charge in [-0.15, -0.1) is 0 Å². The van der Waals surface area contributed by atoms with Gasteiger partial charge in [-0.25, -0.2) is 4.79 Å². The standard InChI is InChI=1S/C16H17NO5/c1-11-3-5-12(6-4-11)21-10-2-9-17-15(18)13-7-8-14(22-13)16(19)20/h3-8H,2,9-10H2,1H3,(H,17,18)(H,19,20). The molecule has 0 unspecified atom stereocenters. The summed E-state index contributed by atoms with van der Waals surface area (Å²) in [6.07, 6.45) is 0.631. The van der Waals surface area contributed by atoms with Gasteiger partial charge in [0.05, 0.1) is 6.61 Å². The van der Waals surface area contributed by atoms with Gasteiger partial charge >= 0.3 is 5.97 Å². The molecule has 0 fully saturated rings. The van der Waals surface area contributed by atoms with Gasteiger partial charge in [0.15, 0.2) is 5.76 Å². The van der Waals surface area contributed by atoms with Gasteiger partial charge in [0, 0.05) is 6.54 Å². The zero-order valence-corrected chi connectivity index (χ0v) is 12.2. The average molecular weight is 303 g/mol. The number of carbonyl (C=O) groups is 2. The maximum atomic E-state index is 11.7. The van der Waals surface area contributed by atoms with Crippen LogP contribution < -0.4 is 10.1 Å². The van der Waals surface area contributed by atoms with Crippen LogP contribution >= 0.6 is 0 Å². The van der Waals surface area contributed by atoms with Crippen molar-refractivity contribution in [3.05, 3.63) is 53.5 Å². The molecule has 0 aliphatic carbocycles. The van der Waals surface area contributed by atoms with Crippen LogP contribution in [0.3, 0.4) is 0 Å². The molecule has 116 valence electrons. The Hall–Kier alpha value is -2.76. The van der Waals surface area contributed by atoms with E-state index in [1.165, 1.54) is 17.7 Å². The van der Waals surface area contributed by atoms with Crippen molar-refractivity contribution in [2.45, 2.75) is 13.3 Å². The SMILES string of the molecule is Cc1ccc(OCCCNC(=O)c2ccc(C(=O)O)o2)cc1. The van der Waals surface area contributed by atoms with E-state index in [4.69, 9.17) is 14.3 Å². The number of aromatic carboxylic acids is 1. The minimum atomic E-state index is -1.20. The van der Waals surface area contributed by atoms with Crippen LogP contribution in [0.4, 0.5) is 0 Å². The number of carbonyl (C=O) groups excluding carboxylic acids is 1. The molecule has 22 heavy (non-hydrogen) atoms. The Kier molecular flexibility index (Phi) is 5.19. The highest BCUT2D eigenvalue weighted by Gasteiger charge is 2.14. The lowest BCUT2D eigenvalue weighted by molar-refractivity contribution is 0.0659. The van der Waals surface area contributed by atoms with Crippen molar-refractivity contribution in [1.29, 1.82) is 0 Å². The Morgan fingerprint density at radius 3 is 2.45 bits per heavy atom. The Bertz CT molecular complexity index is 645. The topological polar surface area (TPSA) is 88.8 Å². The number of nitrogens with one attached hydrogen (secondary N) is 1. The van der Waals surface area contributed by atoms with Gasteiger partial charge in [-0.05, 0) is 37.6 Å². The summed E-state index contributed by atoms with van der Waals surface area (Å²) in [5.74, 6) is -1.13. The molecule has 0 aliphatic rings. The molecule has 1 amide bonds. The number of ether oxygens (including phenoxy) is 1. The average Bonchev–Trinajstić information content (AvgIpc) is 2.99. The van der Waals surface area contributed by atoms with Crippen LogP contribution in [0.5, 0.6) is 5.75 Å². The molecule has 0 bridgehead atoms. The third-order valence-corrected chi connectivity index (χ3v) is 2.94. The number of carboxylic acids is 1. The smallest absolute Gasteiger partial charge is 0.371 e. The first-order chi connectivity index (χ1) is 10.6. The molecule has 1 heterocycles. The maximum absolute atomic E-state index is 11.7. The quantitative estimate of drug-likeness (QED) is 0.767. The molecular weight excluding hydrogens is 286 g/mol. The van der Waals surface area contributed by atoms with Gasteiger partial charge in [0.25, 0.3) is 5.91 Å². The summed E-state index contributed by atoms with van der Waals surface area (Å²) in [6.45, 7) is 2.89. The molecule has 0 saturated carbocycles. The van der Waals surface area contributed by atoms with E-state index in [0.717, 1.165) is 5.75 Å². The van der Waals surface area contributed by atoms with Gasteiger partial charge < -0.3 is 19.6 Å². The minimum absolute atomic E-state index is 0.0168. The van der Waals surface area contributed by atoms with Crippen molar-refractivity contribution in [2.75, 3.05) is 13.2 Å². The molecule has 6 nitrogen and oxygen atoms in total. The summed E-state index contributed by atoms with van der Waals surface area (Å²) < 4.78 is 10.4. The number of aryl methyl sites for hydroxylation is 1. The second-order valence-corrected chi connectivity index (χ2v) is 4.74. The summed E-state index contributed by atoms with van der Waals surface area (Å²) >= 11 is 0. The fraction of sp³-hybridized carbons (Fsp3) is 0.250. The van der Waals surface area contributed by atoms with Crippen molar-refractivity contribution in [3.63, 3.8) is 0 Å². The first-order valence-corrected chi connectivity index (χ1v) is 6.87. The van der Waals surface area contributed by atoms with Crippen molar-refractivity contribution >= 4 is 11.9 Å². The molecule has 0 radical (unpaired) electrons. The van der Waals surface area contributed by atoms with Crippen LogP contribution in [0.25, 0.3) is 0 Å². The van der Waals surface area contributed by atoms with Gasteiger partial charge in [-0.3, -0.25) is 4.79 Å². The molecule has 6 heteroatoms. The predicted octanol–water partition coefficient (Wildman–Crippen LogP) is 2.49. The van der Waals surface area contributed by atoms with E-state index in [9.17, 15) is 9.59 Å². The second-order valence-electron chi connectivity index (χ2n) is 4.74. The first kappa shape index (κ1) is 15.6. The predicted molar refractivity (Wildman–Crippen MR) is 79.3 cm³/mol. The van der Waals surface area contributed by atoms with Crippen LogP contribution in [0.2, 0.25) is 0 Å². The highest BCUT2D eigenvalue weighted by atomic mass is 16.5. The third kappa shape index (κ3) is 4.37. The van der Waals surface area contributed by atoms with E-state index < -0.39 is 11.9 Å². The minimum Gasteiger partial charge on any atom is -0.494 e. The van der Waals surface area contributed by atoms with Crippen LogP contribution in [0.1, 0.15) is 33.1 Å². The molecule has 2 aromatic rings. The van der Waals surface area contributed by atoms with E-state index in [0.29, 0.717) is 19.6 Å². The van der Waals surface area contributed by atoms with Gasteiger partial charge in [0.2, 0.25) is 5.76 Å². The number of hydrogen-bond acceptors (Lipinski definition) is 4. The number of hydrogen-bond donors (Lipinski definition) is 2. The number of carboxylic acid groups (broad SMARTS) is 1. The lowest BCUT2D eigenvalue weighted by Crippen LogP contribution is -2.25. The summed E-state index contributed by atoms with van der Waals surface area (Å²) in [7, 11) is 0. The molecule has 0 saturated heterocycles. The summed E-state index contributed by atoms with van der Waals surface area (Å²) in [4.78, 5) is 22.4. The van der Waals surface area contributed by atoms with E-state index in [1.54, 1.807) is 0 Å². The Morgan fingerprint density at radius 2 is 1.82 bits per heavy atom. The fourth-order valence-corrected chi connectivity index (χ4v) is 1.76. The molecule has 0 atom stereocenters. The van der Waals surface area contributed by atoms with Crippen LogP contribution in [-0.4, -0.2) is 30.1 Å². The highest BCUT2D eigenvalue weighted by Crippen LogP contribution is 2.11. The number of benzene rings is 1. The molecule has 0 aliphatic heterocycles. The van der Waals surface area contributed by atoms with Crippen LogP contribution in [-0.2, 0) is 0 Å². The van der Waals surface area contributed by atoms with Crippen molar-refractivity contribution < 1.29 is 23.8 Å². The summed E-state index contributed by atoms with van der Waals surface area (Å²) in [5, 5.41) is 11.4. The number of rotatable bonds is 7. The van der Waals surface area contributed by atoms with Crippen molar-refractivity contribution in [3.8, 4) is 5.75 Å². The number of amides is 1. The molecular formula is C16H17NO5. The zero-order chi connectivity index (χ0) is 15.9. The Balaban J connectivity index is 1.68. The zero-order valence-electron chi connectivity index (χ0n) is 12.2. The van der Waals surface area contributed by atoms with E-state index in [-0.39, 0.29) is 11.5 Å². The van der Waals surface area contributed by atoms with E-state index in [1.807, 2.05) is 31.2 Å². The summed E-state index contributed by atoms with van der Waals surface area (Å²) in [6, 6.07) is 10.3. The lowest BCUT2D eigenvalue weighted by atomic mass is 10.2. The molecule has 1 aromatic carbocycles. The normalized spacial score (nSPS) is 10.2. The van der Waals surface area contributed by atoms with Gasteiger partial charge in [-0.1, -0.05) is 17.7 Å². The van der Waals surface area contributed by atoms with E-state index in [2.05, 4.69) is 5.32 Å². The van der Waals surface area contributed by atoms with Crippen molar-refractivity contribution in [1.82, 2.24) is 5.32 Å². The van der Waals surface area contributed by atoms with Gasteiger partial charge in [0.1, 0.15) is 5.75 Å². The molecule has 1 aromatic heterocycles. The lowest BCUT2D eigenvalue weighted by Gasteiger charge is -2.07. The maximum Gasteiger partial charge on any atom is 0.371 e. The Morgan fingerprint density at radius 1 is 1.14 bits per heavy atom. The number of furan rings is 1. The fourth-order valence-electron chi connectivity index (χ4n) is 1.76. The molecule has 2 rings (SSSR count). The molecule has 2 N–H and O–H groups in total. The van der Waals surface area contributed by atoms with Crippen molar-refractivity contribution in [2.24, 2.45) is 0 Å². The monoisotopic (exact) mass is 303 g/mol. The first-order valence-electron chi connectivity index (χ1n) is 6.87.